The molecule has 1 aromatic carbocycles. The molecule has 5 atom stereocenters. The number of hydrogen-bond donors (Lipinski definition) is 4. The lowest BCUT2D eigenvalue weighted by Crippen LogP contribution is -2.67. The van der Waals surface area contributed by atoms with Crippen molar-refractivity contribution < 1.29 is 29.3 Å². The normalized spacial score (nSPS) is 29.6. The van der Waals surface area contributed by atoms with Crippen molar-refractivity contribution in [3.8, 4) is 0 Å². The maximum atomic E-state index is 11.9. The van der Waals surface area contributed by atoms with E-state index in [1.807, 2.05) is 30.3 Å². The van der Waals surface area contributed by atoms with Crippen molar-refractivity contribution in [2.24, 2.45) is 0 Å². The van der Waals surface area contributed by atoms with Crippen LogP contribution in [0.4, 0.5) is 4.79 Å². The Morgan fingerprint density at radius 3 is 2.46 bits per heavy atom. The van der Waals surface area contributed by atoms with E-state index in [2.05, 4.69) is 10.6 Å². The SMILES string of the molecule is CC(=O)N[C@@H]1[C@@H](O)[C@@H](NC(=O)OCc2ccccc2)[C@@H](C)O[C@@H]1O. The van der Waals surface area contributed by atoms with Gasteiger partial charge in [-0.3, -0.25) is 4.79 Å². The summed E-state index contributed by atoms with van der Waals surface area (Å²) >= 11 is 0. The van der Waals surface area contributed by atoms with Crippen molar-refractivity contribution in [3.05, 3.63) is 35.9 Å². The third kappa shape index (κ3) is 4.67. The standard InChI is InChI=1S/C16H22N2O6/c1-9-12(14(20)13(15(21)24-9)17-10(2)19)18-16(22)23-8-11-6-4-3-5-7-11/h3-7,9,12-15,20-21H,8H2,1-2H3,(H,17,19)(H,18,22)/t9-,12+,13-,14+,15+/m1/s1. The average molecular weight is 338 g/mol. The molecular weight excluding hydrogens is 316 g/mol. The first-order valence-electron chi connectivity index (χ1n) is 7.64. The number of rotatable bonds is 4. The second kappa shape index (κ2) is 8.09. The predicted molar refractivity (Wildman–Crippen MR) is 83.7 cm³/mol. The number of nitrogens with one attached hydrogen (secondary N) is 2. The fraction of sp³-hybridized carbons (Fsp3) is 0.500. The van der Waals surface area contributed by atoms with Crippen LogP contribution in [0.2, 0.25) is 0 Å². The molecular formula is C16H22N2O6. The summed E-state index contributed by atoms with van der Waals surface area (Å²) in [5, 5.41) is 25.1. The molecule has 1 saturated heterocycles. The number of carbonyl (C=O) groups is 2. The fourth-order valence-corrected chi connectivity index (χ4v) is 2.55. The summed E-state index contributed by atoms with van der Waals surface area (Å²) in [6.07, 6.45) is -3.98. The molecule has 1 aliphatic heterocycles. The van der Waals surface area contributed by atoms with Gasteiger partial charge in [-0.15, -0.1) is 0 Å². The molecule has 132 valence electrons. The van der Waals surface area contributed by atoms with Crippen LogP contribution in [0.15, 0.2) is 30.3 Å². The fourth-order valence-electron chi connectivity index (χ4n) is 2.55. The number of ether oxygens (including phenoxy) is 2. The minimum absolute atomic E-state index is 0.0858. The van der Waals surface area contributed by atoms with E-state index in [4.69, 9.17) is 9.47 Å². The minimum atomic E-state index is -1.36. The molecule has 0 aliphatic carbocycles. The Bertz CT molecular complexity index is 567. The molecule has 1 fully saturated rings. The molecule has 8 nitrogen and oxygen atoms in total. The Kier molecular flexibility index (Phi) is 6.13. The van der Waals surface area contributed by atoms with Gasteiger partial charge in [-0.1, -0.05) is 30.3 Å². The van der Waals surface area contributed by atoms with Gasteiger partial charge in [-0.2, -0.15) is 0 Å². The number of aliphatic hydroxyl groups excluding tert-OH is 2. The van der Waals surface area contributed by atoms with Gasteiger partial charge in [0.25, 0.3) is 0 Å². The Morgan fingerprint density at radius 1 is 1.17 bits per heavy atom. The van der Waals surface area contributed by atoms with Gasteiger partial charge in [0.05, 0.1) is 12.1 Å². The highest BCUT2D eigenvalue weighted by atomic mass is 16.6. The summed E-state index contributed by atoms with van der Waals surface area (Å²) in [6.45, 7) is 2.94. The lowest BCUT2D eigenvalue weighted by atomic mass is 9.95. The van der Waals surface area contributed by atoms with Crippen LogP contribution in [-0.4, -0.2) is 52.8 Å². The zero-order chi connectivity index (χ0) is 17.7. The highest BCUT2D eigenvalue weighted by molar-refractivity contribution is 5.73. The highest BCUT2D eigenvalue weighted by Gasteiger charge is 2.44. The lowest BCUT2D eigenvalue weighted by molar-refractivity contribution is -0.213. The lowest BCUT2D eigenvalue weighted by Gasteiger charge is -2.41. The third-order valence-corrected chi connectivity index (χ3v) is 3.77. The van der Waals surface area contributed by atoms with E-state index < -0.39 is 42.6 Å². The predicted octanol–water partition coefficient (Wildman–Crippen LogP) is -0.116. The van der Waals surface area contributed by atoms with Crippen LogP contribution in [0.1, 0.15) is 19.4 Å². The van der Waals surface area contributed by atoms with Crippen molar-refractivity contribution in [1.29, 1.82) is 0 Å². The minimum Gasteiger partial charge on any atom is -0.445 e. The molecule has 2 rings (SSSR count). The molecule has 0 saturated carbocycles. The molecule has 0 aromatic heterocycles. The molecule has 24 heavy (non-hydrogen) atoms. The van der Waals surface area contributed by atoms with Crippen LogP contribution in [0.3, 0.4) is 0 Å². The van der Waals surface area contributed by atoms with Crippen LogP contribution >= 0.6 is 0 Å². The van der Waals surface area contributed by atoms with Crippen LogP contribution in [0, 0.1) is 0 Å². The maximum Gasteiger partial charge on any atom is 0.407 e. The van der Waals surface area contributed by atoms with Gasteiger partial charge in [0.1, 0.15) is 18.8 Å². The van der Waals surface area contributed by atoms with Crippen LogP contribution in [-0.2, 0) is 20.9 Å². The van der Waals surface area contributed by atoms with E-state index in [1.54, 1.807) is 6.92 Å². The first kappa shape index (κ1) is 18.2. The van der Waals surface area contributed by atoms with Gasteiger partial charge in [0, 0.05) is 6.92 Å². The molecule has 4 N–H and O–H groups in total. The first-order valence-corrected chi connectivity index (χ1v) is 7.64. The summed E-state index contributed by atoms with van der Waals surface area (Å²) < 4.78 is 10.4. The molecule has 1 aliphatic rings. The van der Waals surface area contributed by atoms with Gasteiger partial charge >= 0.3 is 6.09 Å². The monoisotopic (exact) mass is 338 g/mol. The number of amides is 2. The van der Waals surface area contributed by atoms with E-state index in [0.717, 1.165) is 5.56 Å². The summed E-state index contributed by atoms with van der Waals surface area (Å²) in [4.78, 5) is 23.1. The summed E-state index contributed by atoms with van der Waals surface area (Å²) in [7, 11) is 0. The molecule has 0 spiro atoms. The highest BCUT2D eigenvalue weighted by Crippen LogP contribution is 2.20. The Balaban J connectivity index is 1.93. The molecule has 1 aromatic rings. The molecule has 2 amide bonds. The number of alkyl carbamates (subject to hydrolysis) is 1. The molecule has 1 heterocycles. The summed E-state index contributed by atoms with van der Waals surface area (Å²) in [5.74, 6) is -0.429. The van der Waals surface area contributed by atoms with Crippen molar-refractivity contribution in [2.75, 3.05) is 0 Å². The molecule has 0 bridgehead atoms. The Hall–Kier alpha value is -2.16. The second-order valence-electron chi connectivity index (χ2n) is 5.68. The zero-order valence-corrected chi connectivity index (χ0v) is 13.5. The van der Waals surface area contributed by atoms with Crippen molar-refractivity contribution in [3.63, 3.8) is 0 Å². The number of benzene rings is 1. The largest absolute Gasteiger partial charge is 0.445 e. The van der Waals surface area contributed by atoms with E-state index in [9.17, 15) is 19.8 Å². The van der Waals surface area contributed by atoms with Gasteiger partial charge < -0.3 is 30.3 Å². The van der Waals surface area contributed by atoms with Crippen molar-refractivity contribution >= 4 is 12.0 Å². The molecule has 0 unspecified atom stereocenters. The van der Waals surface area contributed by atoms with E-state index in [0.29, 0.717) is 0 Å². The van der Waals surface area contributed by atoms with Crippen LogP contribution < -0.4 is 10.6 Å². The number of hydrogen-bond acceptors (Lipinski definition) is 6. The Labute approximate surface area is 139 Å². The van der Waals surface area contributed by atoms with E-state index in [-0.39, 0.29) is 6.61 Å². The van der Waals surface area contributed by atoms with E-state index in [1.165, 1.54) is 6.92 Å². The number of carbonyl (C=O) groups excluding carboxylic acids is 2. The van der Waals surface area contributed by atoms with Gasteiger partial charge in [0.15, 0.2) is 6.29 Å². The first-order chi connectivity index (χ1) is 11.4. The zero-order valence-electron chi connectivity index (χ0n) is 13.5. The van der Waals surface area contributed by atoms with Crippen LogP contribution in [0.5, 0.6) is 0 Å². The average Bonchev–Trinajstić information content (AvgIpc) is 2.54. The van der Waals surface area contributed by atoms with Gasteiger partial charge in [-0.25, -0.2) is 4.79 Å². The Morgan fingerprint density at radius 2 is 1.83 bits per heavy atom. The van der Waals surface area contributed by atoms with Gasteiger partial charge in [0.2, 0.25) is 5.91 Å². The smallest absolute Gasteiger partial charge is 0.407 e. The topological polar surface area (TPSA) is 117 Å². The van der Waals surface area contributed by atoms with Crippen molar-refractivity contribution in [1.82, 2.24) is 10.6 Å². The van der Waals surface area contributed by atoms with Crippen LogP contribution in [0.25, 0.3) is 0 Å². The second-order valence-corrected chi connectivity index (χ2v) is 5.68. The number of aliphatic hydroxyl groups is 2. The maximum absolute atomic E-state index is 11.9. The molecule has 8 heteroatoms. The summed E-state index contributed by atoms with van der Waals surface area (Å²) in [5.41, 5.74) is 0.827. The van der Waals surface area contributed by atoms with Crippen molar-refractivity contribution in [2.45, 2.75) is 51.0 Å². The third-order valence-electron chi connectivity index (χ3n) is 3.77. The van der Waals surface area contributed by atoms with Gasteiger partial charge in [-0.05, 0) is 12.5 Å². The van der Waals surface area contributed by atoms with E-state index >= 15 is 0 Å². The molecule has 0 radical (unpaired) electrons. The summed E-state index contributed by atoms with van der Waals surface area (Å²) in [6, 6.07) is 7.27. The quantitative estimate of drug-likeness (QED) is 0.608.